The summed E-state index contributed by atoms with van der Waals surface area (Å²) in [6.45, 7) is 8.73. The Morgan fingerprint density at radius 3 is 2.44 bits per heavy atom. The Morgan fingerprint density at radius 2 is 1.88 bits per heavy atom. The Morgan fingerprint density at radius 1 is 1.12 bits per heavy atom. The van der Waals surface area contributed by atoms with Gasteiger partial charge in [0.1, 0.15) is 0 Å². The quantitative estimate of drug-likeness (QED) is 0.774. The molecule has 16 heavy (non-hydrogen) atoms. The highest BCUT2D eigenvalue weighted by Crippen LogP contribution is 2.24. The highest BCUT2D eigenvalue weighted by molar-refractivity contribution is 4.88. The smallest absolute Gasteiger partial charge is 0.0113 e. The fourth-order valence-electron chi connectivity index (χ4n) is 3.22. The van der Waals surface area contributed by atoms with Crippen LogP contribution in [0.2, 0.25) is 0 Å². The van der Waals surface area contributed by atoms with Crippen molar-refractivity contribution in [1.29, 1.82) is 0 Å². The van der Waals surface area contributed by atoms with Gasteiger partial charge in [-0.15, -0.1) is 0 Å². The van der Waals surface area contributed by atoms with Crippen LogP contribution in [0.3, 0.4) is 0 Å². The number of nitrogens with zero attached hydrogens (tertiary/aromatic N) is 2. The summed E-state index contributed by atoms with van der Waals surface area (Å²) in [5.74, 6) is 0. The van der Waals surface area contributed by atoms with Gasteiger partial charge in [-0.3, -0.25) is 4.90 Å². The Kier molecular flexibility index (Phi) is 4.62. The molecule has 2 rings (SSSR count). The van der Waals surface area contributed by atoms with E-state index in [4.69, 9.17) is 0 Å². The predicted molar refractivity (Wildman–Crippen MR) is 68.8 cm³/mol. The van der Waals surface area contributed by atoms with Gasteiger partial charge in [-0.05, 0) is 39.3 Å². The second kappa shape index (κ2) is 5.99. The maximum atomic E-state index is 3.42. The van der Waals surface area contributed by atoms with Gasteiger partial charge in [0.2, 0.25) is 0 Å². The van der Waals surface area contributed by atoms with Crippen LogP contribution in [0, 0.1) is 0 Å². The van der Waals surface area contributed by atoms with Crippen LogP contribution in [-0.2, 0) is 0 Å². The fourth-order valence-corrected chi connectivity index (χ4v) is 3.22. The third-order valence-corrected chi connectivity index (χ3v) is 4.28. The first-order chi connectivity index (χ1) is 7.83. The number of piperazine rings is 1. The molecule has 2 fully saturated rings. The van der Waals surface area contributed by atoms with E-state index >= 15 is 0 Å². The van der Waals surface area contributed by atoms with Gasteiger partial charge in [-0.1, -0.05) is 6.92 Å². The van der Waals surface area contributed by atoms with Crippen LogP contribution in [0.1, 0.15) is 32.6 Å². The summed E-state index contributed by atoms with van der Waals surface area (Å²) < 4.78 is 0. The van der Waals surface area contributed by atoms with E-state index in [-0.39, 0.29) is 0 Å². The molecule has 0 aromatic rings. The molecule has 0 radical (unpaired) electrons. The van der Waals surface area contributed by atoms with Gasteiger partial charge < -0.3 is 10.2 Å². The molecule has 2 aliphatic rings. The molecule has 1 N–H and O–H groups in total. The molecule has 0 aromatic heterocycles. The van der Waals surface area contributed by atoms with Crippen LogP contribution in [0.5, 0.6) is 0 Å². The van der Waals surface area contributed by atoms with Crippen LogP contribution < -0.4 is 5.32 Å². The zero-order chi connectivity index (χ0) is 11.4. The van der Waals surface area contributed by atoms with Gasteiger partial charge in [0.25, 0.3) is 0 Å². The molecule has 2 unspecified atom stereocenters. The minimum atomic E-state index is 0.777. The SMILES string of the molecule is CCCN1CCN(C2CCC(NC)C2)CC1. The maximum Gasteiger partial charge on any atom is 0.0113 e. The Labute approximate surface area is 100 Å². The Hall–Kier alpha value is -0.120. The highest BCUT2D eigenvalue weighted by Gasteiger charge is 2.30. The standard InChI is InChI=1S/C13H27N3/c1-3-6-15-7-9-16(10-8-15)13-5-4-12(11-13)14-2/h12-14H,3-11H2,1-2H3. The number of hydrogen-bond donors (Lipinski definition) is 1. The second-order valence-corrected chi connectivity index (χ2v) is 5.33. The molecule has 1 aliphatic heterocycles. The normalized spacial score (nSPS) is 33.4. The van der Waals surface area contributed by atoms with Crippen LogP contribution in [0.15, 0.2) is 0 Å². The van der Waals surface area contributed by atoms with E-state index in [1.165, 1.54) is 58.4 Å². The molecule has 3 nitrogen and oxygen atoms in total. The van der Waals surface area contributed by atoms with E-state index in [0.717, 1.165) is 12.1 Å². The van der Waals surface area contributed by atoms with Crippen molar-refractivity contribution in [3.63, 3.8) is 0 Å². The summed E-state index contributed by atoms with van der Waals surface area (Å²) in [6.07, 6.45) is 5.44. The van der Waals surface area contributed by atoms with Crippen molar-refractivity contribution in [3.8, 4) is 0 Å². The largest absolute Gasteiger partial charge is 0.317 e. The zero-order valence-electron chi connectivity index (χ0n) is 10.9. The van der Waals surface area contributed by atoms with Crippen molar-refractivity contribution < 1.29 is 0 Å². The average Bonchev–Trinajstić information content (AvgIpc) is 2.79. The first kappa shape index (κ1) is 12.3. The molecule has 1 saturated carbocycles. The third-order valence-electron chi connectivity index (χ3n) is 4.28. The van der Waals surface area contributed by atoms with E-state index < -0.39 is 0 Å². The van der Waals surface area contributed by atoms with Crippen molar-refractivity contribution in [2.45, 2.75) is 44.7 Å². The molecular weight excluding hydrogens is 198 g/mol. The van der Waals surface area contributed by atoms with E-state index in [2.05, 4.69) is 29.1 Å². The lowest BCUT2D eigenvalue weighted by Crippen LogP contribution is -2.50. The van der Waals surface area contributed by atoms with Crippen LogP contribution in [0.4, 0.5) is 0 Å². The molecule has 0 amide bonds. The first-order valence-electron chi connectivity index (χ1n) is 6.97. The lowest BCUT2D eigenvalue weighted by Gasteiger charge is -2.38. The number of rotatable bonds is 4. The van der Waals surface area contributed by atoms with Crippen molar-refractivity contribution in [1.82, 2.24) is 15.1 Å². The minimum absolute atomic E-state index is 0.777. The number of nitrogens with one attached hydrogen (secondary N) is 1. The average molecular weight is 225 g/mol. The molecule has 1 aliphatic carbocycles. The predicted octanol–water partition coefficient (Wildman–Crippen LogP) is 1.15. The van der Waals surface area contributed by atoms with E-state index in [1.54, 1.807) is 0 Å². The summed E-state index contributed by atoms with van der Waals surface area (Å²) in [4.78, 5) is 5.34. The summed E-state index contributed by atoms with van der Waals surface area (Å²) in [6, 6.07) is 1.64. The van der Waals surface area contributed by atoms with Gasteiger partial charge in [0.05, 0.1) is 0 Å². The third kappa shape index (κ3) is 2.96. The van der Waals surface area contributed by atoms with Crippen molar-refractivity contribution >= 4 is 0 Å². The monoisotopic (exact) mass is 225 g/mol. The topological polar surface area (TPSA) is 18.5 Å². The molecule has 2 atom stereocenters. The van der Waals surface area contributed by atoms with Crippen LogP contribution in [0.25, 0.3) is 0 Å². The molecular formula is C13H27N3. The second-order valence-electron chi connectivity index (χ2n) is 5.33. The van der Waals surface area contributed by atoms with E-state index in [9.17, 15) is 0 Å². The fraction of sp³-hybridized carbons (Fsp3) is 1.00. The summed E-state index contributed by atoms with van der Waals surface area (Å²) in [5.41, 5.74) is 0. The molecule has 1 saturated heterocycles. The van der Waals surface area contributed by atoms with Gasteiger partial charge >= 0.3 is 0 Å². The maximum absolute atomic E-state index is 3.42. The van der Waals surface area contributed by atoms with E-state index in [1.807, 2.05) is 0 Å². The first-order valence-corrected chi connectivity index (χ1v) is 6.97. The van der Waals surface area contributed by atoms with E-state index in [0.29, 0.717) is 0 Å². The molecule has 3 heteroatoms. The van der Waals surface area contributed by atoms with Crippen molar-refractivity contribution in [2.75, 3.05) is 39.8 Å². The summed E-state index contributed by atoms with van der Waals surface area (Å²) in [5, 5.41) is 3.42. The van der Waals surface area contributed by atoms with Crippen LogP contribution >= 0.6 is 0 Å². The molecule has 94 valence electrons. The summed E-state index contributed by atoms with van der Waals surface area (Å²) >= 11 is 0. The summed E-state index contributed by atoms with van der Waals surface area (Å²) in [7, 11) is 2.10. The molecule has 0 aromatic carbocycles. The molecule has 1 heterocycles. The lowest BCUT2D eigenvalue weighted by atomic mass is 10.1. The van der Waals surface area contributed by atoms with Gasteiger partial charge in [0.15, 0.2) is 0 Å². The highest BCUT2D eigenvalue weighted by atomic mass is 15.3. The molecule has 0 bridgehead atoms. The minimum Gasteiger partial charge on any atom is -0.317 e. The lowest BCUT2D eigenvalue weighted by molar-refractivity contribution is 0.0971. The Balaban J connectivity index is 1.72. The van der Waals surface area contributed by atoms with Crippen LogP contribution in [-0.4, -0.2) is 61.7 Å². The van der Waals surface area contributed by atoms with Gasteiger partial charge in [0, 0.05) is 38.3 Å². The zero-order valence-corrected chi connectivity index (χ0v) is 10.9. The Bertz CT molecular complexity index is 199. The van der Waals surface area contributed by atoms with Gasteiger partial charge in [-0.2, -0.15) is 0 Å². The van der Waals surface area contributed by atoms with Gasteiger partial charge in [-0.25, -0.2) is 0 Å². The number of hydrogen-bond acceptors (Lipinski definition) is 3. The van der Waals surface area contributed by atoms with Crippen molar-refractivity contribution in [2.24, 2.45) is 0 Å². The molecule has 0 spiro atoms. The van der Waals surface area contributed by atoms with Crippen molar-refractivity contribution in [3.05, 3.63) is 0 Å².